The number of nitriles is 1. The summed E-state index contributed by atoms with van der Waals surface area (Å²) >= 11 is 6.15. The van der Waals surface area contributed by atoms with E-state index in [1.165, 1.54) is 6.07 Å². The van der Waals surface area contributed by atoms with E-state index >= 15 is 4.39 Å². The first-order valence-corrected chi connectivity index (χ1v) is 20.2. The van der Waals surface area contributed by atoms with Crippen LogP contribution in [0.4, 0.5) is 20.6 Å². The van der Waals surface area contributed by atoms with E-state index in [4.69, 9.17) is 21.6 Å². The molecule has 4 aliphatic rings. The normalized spacial score (nSPS) is 21.5. The average molecular weight is 780 g/mol. The second-order valence-corrected chi connectivity index (χ2v) is 16.0. The number of nitrogens with one attached hydrogen (secondary N) is 2. The van der Waals surface area contributed by atoms with Crippen molar-refractivity contribution in [2.75, 3.05) is 49.1 Å². The number of hydrogen-bond acceptors (Lipinski definition) is 7. The van der Waals surface area contributed by atoms with Crippen molar-refractivity contribution in [2.24, 2.45) is 5.92 Å². The van der Waals surface area contributed by atoms with E-state index in [0.717, 1.165) is 101 Å². The fraction of sp³-hybridized carbons (Fsp3) is 0.442. The minimum Gasteiger partial charge on any atom is -0.490 e. The highest BCUT2D eigenvalue weighted by molar-refractivity contribution is 6.31. The zero-order valence-electron chi connectivity index (χ0n) is 31.4. The summed E-state index contributed by atoms with van der Waals surface area (Å²) in [6.07, 6.45) is 9.55. The molecule has 3 aromatic carbocycles. The Bertz CT molecular complexity index is 2150. The zero-order chi connectivity index (χ0) is 38.8. The second-order valence-electron chi connectivity index (χ2n) is 15.6. The van der Waals surface area contributed by atoms with Gasteiger partial charge in [-0.05, 0) is 106 Å². The lowest BCUT2D eigenvalue weighted by atomic mass is 9.92. The number of amides is 4. The van der Waals surface area contributed by atoms with Gasteiger partial charge in [0.05, 0.1) is 33.6 Å². The molecular weight excluding hydrogens is 733 g/mol. The van der Waals surface area contributed by atoms with Crippen LogP contribution in [-0.2, 0) is 4.79 Å². The number of ether oxygens (including phenoxy) is 1. The molecule has 1 saturated carbocycles. The van der Waals surface area contributed by atoms with Crippen LogP contribution in [0.25, 0.3) is 10.9 Å². The smallest absolute Gasteiger partial charge is 0.328 e. The number of anilines is 2. The molecule has 3 saturated heterocycles. The molecule has 2 N–H and O–H groups in total. The molecule has 4 heterocycles. The van der Waals surface area contributed by atoms with Gasteiger partial charge in [0, 0.05) is 81.0 Å². The maximum Gasteiger partial charge on any atom is 0.328 e. The molecule has 0 atom stereocenters. The van der Waals surface area contributed by atoms with Gasteiger partial charge in [0.1, 0.15) is 17.6 Å². The third kappa shape index (κ3) is 8.20. The number of carbonyl (C=O) groups excluding carboxylic acids is 3. The molecule has 0 radical (unpaired) electrons. The summed E-state index contributed by atoms with van der Waals surface area (Å²) < 4.78 is 23.9. The van der Waals surface area contributed by atoms with Crippen molar-refractivity contribution in [3.8, 4) is 11.8 Å². The molecule has 1 aliphatic carbocycles. The number of piperidine rings is 2. The highest BCUT2D eigenvalue weighted by Crippen LogP contribution is 2.35. The number of urea groups is 1. The molecule has 13 heteroatoms. The Labute approximate surface area is 331 Å². The molecule has 292 valence electrons. The molecular formula is C43H47ClFN7O4. The van der Waals surface area contributed by atoms with E-state index in [1.807, 2.05) is 18.2 Å². The van der Waals surface area contributed by atoms with E-state index in [9.17, 15) is 14.4 Å². The molecule has 0 bridgehead atoms. The molecule has 4 fully saturated rings. The number of aromatic nitrogens is 1. The number of likely N-dealkylation sites (tertiary alicyclic amines) is 1. The van der Waals surface area contributed by atoms with Gasteiger partial charge in [-0.2, -0.15) is 5.26 Å². The number of fused-ring (bicyclic) bond motifs is 1. The van der Waals surface area contributed by atoms with Gasteiger partial charge < -0.3 is 24.4 Å². The lowest BCUT2D eigenvalue weighted by Crippen LogP contribution is -2.49. The maximum atomic E-state index is 15.5. The number of rotatable bonds is 9. The monoisotopic (exact) mass is 779 g/mol. The van der Waals surface area contributed by atoms with Gasteiger partial charge in [0.15, 0.2) is 0 Å². The molecule has 11 nitrogen and oxygen atoms in total. The standard InChI is InChI=1S/C43H47ClFN7O4/c44-36-25-34(8-4-30(36)26-46)56-33-9-6-31(7-10-33)47-42(54)29-5-11-40(37(45)24-29)50-20-12-28(13-21-50)27-49-18-14-32(15-19-49)51-22-16-35-38(51)2-1-3-39(35)52-23-17-41(53)48-43(52)55/h1-5,8,11,16,22,24-25,28,31-33H,6-7,9-10,12-15,17-21,23,27H2,(H,47,54)(H,48,53,55). The average Bonchev–Trinajstić information content (AvgIpc) is 3.64. The summed E-state index contributed by atoms with van der Waals surface area (Å²) in [4.78, 5) is 43.7. The summed E-state index contributed by atoms with van der Waals surface area (Å²) in [5.74, 6) is 0.319. The molecule has 8 rings (SSSR count). The summed E-state index contributed by atoms with van der Waals surface area (Å²) in [6, 6.07) is 20.1. The van der Waals surface area contributed by atoms with Crippen LogP contribution in [0.15, 0.2) is 66.9 Å². The van der Waals surface area contributed by atoms with E-state index in [-0.39, 0.29) is 35.8 Å². The molecule has 0 unspecified atom stereocenters. The Kier molecular flexibility index (Phi) is 11.2. The molecule has 0 spiro atoms. The minimum atomic E-state index is -0.365. The first-order valence-electron chi connectivity index (χ1n) is 19.9. The lowest BCUT2D eigenvalue weighted by molar-refractivity contribution is -0.120. The van der Waals surface area contributed by atoms with Gasteiger partial charge in [-0.3, -0.25) is 19.8 Å². The van der Waals surface area contributed by atoms with Gasteiger partial charge in [-0.15, -0.1) is 0 Å². The van der Waals surface area contributed by atoms with Crippen LogP contribution in [0.1, 0.15) is 79.8 Å². The van der Waals surface area contributed by atoms with Crippen molar-refractivity contribution in [3.05, 3.63) is 88.8 Å². The van der Waals surface area contributed by atoms with Crippen LogP contribution in [0.2, 0.25) is 5.02 Å². The molecule has 4 aromatic rings. The Balaban J connectivity index is 0.776. The van der Waals surface area contributed by atoms with Gasteiger partial charge >= 0.3 is 6.03 Å². The molecule has 56 heavy (non-hydrogen) atoms. The zero-order valence-corrected chi connectivity index (χ0v) is 32.1. The summed E-state index contributed by atoms with van der Waals surface area (Å²) in [5.41, 5.74) is 3.24. The Morgan fingerprint density at radius 3 is 2.41 bits per heavy atom. The lowest BCUT2D eigenvalue weighted by Gasteiger charge is -2.39. The summed E-state index contributed by atoms with van der Waals surface area (Å²) in [6.45, 7) is 5.02. The predicted molar refractivity (Wildman–Crippen MR) is 214 cm³/mol. The SMILES string of the molecule is N#Cc1ccc(OC2CCC(NC(=O)c3ccc(N4CCC(CN5CCC(n6ccc7c(N8CCC(=O)NC8=O)cccc76)CC5)CC4)c(F)c3)CC2)cc1Cl. The van der Waals surface area contributed by atoms with Crippen molar-refractivity contribution in [3.63, 3.8) is 0 Å². The molecule has 4 amide bonds. The fourth-order valence-corrected chi connectivity index (χ4v) is 9.19. The quantitative estimate of drug-likeness (QED) is 0.181. The number of nitrogens with zero attached hydrogens (tertiary/aromatic N) is 5. The van der Waals surface area contributed by atoms with Gasteiger partial charge in [0.25, 0.3) is 5.91 Å². The van der Waals surface area contributed by atoms with Crippen molar-refractivity contribution in [2.45, 2.75) is 76.0 Å². The van der Waals surface area contributed by atoms with Crippen molar-refractivity contribution in [1.82, 2.24) is 20.1 Å². The summed E-state index contributed by atoms with van der Waals surface area (Å²) in [7, 11) is 0. The van der Waals surface area contributed by atoms with Crippen LogP contribution in [0.3, 0.4) is 0 Å². The number of hydrogen-bond donors (Lipinski definition) is 2. The van der Waals surface area contributed by atoms with Crippen LogP contribution < -0.4 is 25.2 Å². The molecule has 1 aromatic heterocycles. The van der Waals surface area contributed by atoms with Crippen molar-refractivity contribution in [1.29, 1.82) is 5.26 Å². The van der Waals surface area contributed by atoms with Crippen LogP contribution >= 0.6 is 11.6 Å². The number of imide groups is 1. The highest BCUT2D eigenvalue weighted by atomic mass is 35.5. The highest BCUT2D eigenvalue weighted by Gasteiger charge is 2.30. The van der Waals surface area contributed by atoms with Gasteiger partial charge in [-0.1, -0.05) is 17.7 Å². The van der Waals surface area contributed by atoms with Crippen molar-refractivity contribution < 1.29 is 23.5 Å². The Morgan fingerprint density at radius 2 is 1.70 bits per heavy atom. The Hall–Kier alpha value is -5.12. The number of carbonyl (C=O) groups is 3. The minimum absolute atomic E-state index is 0.000479. The fourth-order valence-electron chi connectivity index (χ4n) is 8.97. The largest absolute Gasteiger partial charge is 0.490 e. The van der Waals surface area contributed by atoms with Crippen LogP contribution in [0.5, 0.6) is 5.75 Å². The topological polar surface area (TPSA) is 123 Å². The maximum absolute atomic E-state index is 15.5. The van der Waals surface area contributed by atoms with E-state index in [2.05, 4.69) is 43.3 Å². The Morgan fingerprint density at radius 1 is 0.911 bits per heavy atom. The van der Waals surface area contributed by atoms with E-state index in [1.54, 1.807) is 35.2 Å². The van der Waals surface area contributed by atoms with E-state index in [0.29, 0.717) is 52.5 Å². The van der Waals surface area contributed by atoms with Gasteiger partial charge in [-0.25, -0.2) is 9.18 Å². The number of halogens is 2. The van der Waals surface area contributed by atoms with Crippen LogP contribution in [-0.4, -0.2) is 78.7 Å². The first-order chi connectivity index (χ1) is 27.2. The summed E-state index contributed by atoms with van der Waals surface area (Å²) in [5, 5.41) is 16.0. The molecule has 3 aliphatic heterocycles. The van der Waals surface area contributed by atoms with E-state index < -0.39 is 0 Å². The first kappa shape index (κ1) is 37.8. The number of benzene rings is 3. The predicted octanol–water partition coefficient (Wildman–Crippen LogP) is 7.43. The van der Waals surface area contributed by atoms with Crippen LogP contribution in [0, 0.1) is 23.1 Å². The van der Waals surface area contributed by atoms with Crippen molar-refractivity contribution >= 4 is 51.7 Å². The van der Waals surface area contributed by atoms with Gasteiger partial charge in [0.2, 0.25) is 5.91 Å². The third-order valence-electron chi connectivity index (χ3n) is 12.1. The third-order valence-corrected chi connectivity index (χ3v) is 12.4. The second kappa shape index (κ2) is 16.5.